The van der Waals surface area contributed by atoms with Crippen LogP contribution in [0.25, 0.3) is 17.4 Å². The van der Waals surface area contributed by atoms with E-state index < -0.39 is 11.9 Å². The Bertz CT molecular complexity index is 1160. The van der Waals surface area contributed by atoms with Crippen molar-refractivity contribution in [2.24, 2.45) is 0 Å². The third-order valence-corrected chi connectivity index (χ3v) is 6.47. The highest BCUT2D eigenvalue weighted by atomic mass is 32.2. The van der Waals surface area contributed by atoms with Crippen LogP contribution in [0.2, 0.25) is 0 Å². The highest BCUT2D eigenvalue weighted by Gasteiger charge is 2.39. The highest BCUT2D eigenvalue weighted by molar-refractivity contribution is 8.19. The molecule has 0 saturated carbocycles. The second-order valence-electron chi connectivity index (χ2n) is 6.21. The number of carbonyl (C=O) groups excluding carboxylic acids is 1. The molecule has 0 amide bonds. The summed E-state index contributed by atoms with van der Waals surface area (Å²) in [5.41, 5.74) is 0.596. The minimum Gasteiger partial charge on any atom is -0.478 e. The van der Waals surface area contributed by atoms with Crippen molar-refractivity contribution in [2.45, 2.75) is 19.3 Å². The van der Waals surface area contributed by atoms with Gasteiger partial charge >= 0.3 is 5.97 Å². The number of thioether (sulfide) groups is 1. The smallest absolute Gasteiger partial charge is 0.336 e. The van der Waals surface area contributed by atoms with Crippen LogP contribution in [0.1, 0.15) is 39.0 Å². The number of rotatable bonds is 5. The number of hydrogen-bond donors (Lipinski definition) is 2. The standard InChI is InChI=1S/C20H15N3O4S2/c1-2-15-22-23-19(29-15)16-17(24)14(28-18(16)21)9-10-7-8-13(27-10)11-5-3-4-6-12(11)20(25)26/h3-9,16,21H,2H2,1H3,(H,25,26)/b14-9-,21-18?/t16-/m1/s1. The molecular formula is C20H15N3O4S2. The van der Waals surface area contributed by atoms with E-state index in [2.05, 4.69) is 10.2 Å². The quantitative estimate of drug-likeness (QED) is 0.579. The summed E-state index contributed by atoms with van der Waals surface area (Å²) in [5, 5.41) is 27.2. The van der Waals surface area contributed by atoms with E-state index in [1.54, 1.807) is 36.4 Å². The summed E-state index contributed by atoms with van der Waals surface area (Å²) in [4.78, 5) is 24.6. The minimum atomic E-state index is -1.04. The Hall–Kier alpha value is -3.04. The van der Waals surface area contributed by atoms with Gasteiger partial charge in [-0.15, -0.1) is 21.5 Å². The first kappa shape index (κ1) is 19.3. The largest absolute Gasteiger partial charge is 0.478 e. The van der Waals surface area contributed by atoms with Crippen molar-refractivity contribution < 1.29 is 19.1 Å². The van der Waals surface area contributed by atoms with Gasteiger partial charge in [-0.3, -0.25) is 10.2 Å². The zero-order valence-corrected chi connectivity index (χ0v) is 16.8. The van der Waals surface area contributed by atoms with Crippen molar-refractivity contribution in [3.05, 3.63) is 62.6 Å². The summed E-state index contributed by atoms with van der Waals surface area (Å²) in [7, 11) is 0. The van der Waals surface area contributed by atoms with Crippen molar-refractivity contribution in [1.29, 1.82) is 5.41 Å². The van der Waals surface area contributed by atoms with Crippen LogP contribution in [-0.2, 0) is 11.2 Å². The van der Waals surface area contributed by atoms with Crippen LogP contribution in [0.4, 0.5) is 0 Å². The van der Waals surface area contributed by atoms with Gasteiger partial charge in [-0.25, -0.2) is 4.79 Å². The predicted octanol–water partition coefficient (Wildman–Crippen LogP) is 4.48. The average molecular weight is 425 g/mol. The van der Waals surface area contributed by atoms with E-state index in [9.17, 15) is 14.7 Å². The lowest BCUT2D eigenvalue weighted by Gasteiger charge is -2.02. The Kier molecular flexibility index (Phi) is 5.16. The summed E-state index contributed by atoms with van der Waals surface area (Å²) in [6, 6.07) is 9.90. The van der Waals surface area contributed by atoms with Crippen molar-refractivity contribution >= 4 is 46.0 Å². The van der Waals surface area contributed by atoms with Crippen molar-refractivity contribution in [3.63, 3.8) is 0 Å². The van der Waals surface area contributed by atoms with Crippen LogP contribution < -0.4 is 0 Å². The molecule has 4 rings (SSSR count). The van der Waals surface area contributed by atoms with Crippen molar-refractivity contribution in [3.8, 4) is 11.3 Å². The normalized spacial score (nSPS) is 18.0. The van der Waals surface area contributed by atoms with Gasteiger partial charge in [0.05, 0.1) is 15.5 Å². The van der Waals surface area contributed by atoms with Crippen LogP contribution in [0.3, 0.4) is 0 Å². The van der Waals surface area contributed by atoms with E-state index in [-0.39, 0.29) is 16.4 Å². The Morgan fingerprint density at radius 2 is 2.07 bits per heavy atom. The van der Waals surface area contributed by atoms with Crippen LogP contribution >= 0.6 is 23.1 Å². The number of aromatic carboxylic acids is 1. The molecule has 3 aromatic rings. The fraction of sp³-hybridized carbons (Fsp3) is 0.150. The molecule has 2 aromatic heterocycles. The van der Waals surface area contributed by atoms with E-state index in [1.807, 2.05) is 6.92 Å². The van der Waals surface area contributed by atoms with Gasteiger partial charge in [0.2, 0.25) is 0 Å². The van der Waals surface area contributed by atoms with Crippen LogP contribution in [0.5, 0.6) is 0 Å². The number of aromatic nitrogens is 2. The molecule has 0 bridgehead atoms. The van der Waals surface area contributed by atoms with Crippen LogP contribution in [0, 0.1) is 5.41 Å². The monoisotopic (exact) mass is 425 g/mol. The lowest BCUT2D eigenvalue weighted by atomic mass is 10.1. The van der Waals surface area contributed by atoms with E-state index >= 15 is 0 Å². The lowest BCUT2D eigenvalue weighted by Crippen LogP contribution is -2.11. The molecule has 3 heterocycles. The van der Waals surface area contributed by atoms with Gasteiger partial charge in [0.15, 0.2) is 5.78 Å². The Labute approximate surface area is 174 Å². The third-order valence-electron chi connectivity index (χ3n) is 4.34. The van der Waals surface area contributed by atoms with Crippen molar-refractivity contribution in [1.82, 2.24) is 10.2 Å². The number of benzene rings is 1. The molecular weight excluding hydrogens is 410 g/mol. The zero-order chi connectivity index (χ0) is 20.5. The van der Waals surface area contributed by atoms with Crippen molar-refractivity contribution in [2.75, 3.05) is 0 Å². The Morgan fingerprint density at radius 3 is 2.79 bits per heavy atom. The number of nitrogens with zero attached hydrogens (tertiary/aromatic N) is 2. The molecule has 9 heteroatoms. The van der Waals surface area contributed by atoms with Gasteiger partial charge in [0, 0.05) is 5.56 Å². The summed E-state index contributed by atoms with van der Waals surface area (Å²) in [6.45, 7) is 1.96. The summed E-state index contributed by atoms with van der Waals surface area (Å²) >= 11 is 2.43. The molecule has 146 valence electrons. The van der Waals surface area contributed by atoms with Gasteiger partial charge < -0.3 is 9.52 Å². The van der Waals surface area contributed by atoms with Crippen LogP contribution in [-0.4, -0.2) is 32.1 Å². The molecule has 7 nitrogen and oxygen atoms in total. The molecule has 0 unspecified atom stereocenters. The number of allylic oxidation sites excluding steroid dienone is 1. The fourth-order valence-electron chi connectivity index (χ4n) is 2.93. The molecule has 2 N–H and O–H groups in total. The second-order valence-corrected chi connectivity index (χ2v) is 8.39. The number of hydrogen-bond acceptors (Lipinski definition) is 8. The number of ketones is 1. The van der Waals surface area contributed by atoms with E-state index in [0.717, 1.165) is 23.2 Å². The predicted molar refractivity (Wildman–Crippen MR) is 111 cm³/mol. The summed E-state index contributed by atoms with van der Waals surface area (Å²) < 4.78 is 5.77. The number of furan rings is 1. The first-order valence-corrected chi connectivity index (χ1v) is 10.4. The van der Waals surface area contributed by atoms with Gasteiger partial charge in [-0.1, -0.05) is 36.9 Å². The molecule has 0 aliphatic carbocycles. The third kappa shape index (κ3) is 3.66. The molecule has 0 radical (unpaired) electrons. The molecule has 0 spiro atoms. The lowest BCUT2D eigenvalue weighted by molar-refractivity contribution is -0.114. The topological polar surface area (TPSA) is 117 Å². The van der Waals surface area contributed by atoms with E-state index in [1.165, 1.54) is 17.4 Å². The average Bonchev–Trinajstić information content (AvgIpc) is 3.42. The fourth-order valence-corrected chi connectivity index (χ4v) is 4.86. The number of carbonyl (C=O) groups is 2. The van der Waals surface area contributed by atoms with Gasteiger partial charge in [0.1, 0.15) is 27.5 Å². The Balaban J connectivity index is 1.62. The summed E-state index contributed by atoms with van der Waals surface area (Å²) in [5.74, 6) is -1.16. The van der Waals surface area contributed by atoms with Crippen LogP contribution in [0.15, 0.2) is 45.7 Å². The number of carboxylic acid groups (broad SMARTS) is 1. The number of carboxylic acids is 1. The van der Waals surface area contributed by atoms with Gasteiger partial charge in [-0.05, 0) is 30.7 Å². The van der Waals surface area contributed by atoms with Gasteiger partial charge in [-0.2, -0.15) is 0 Å². The molecule has 1 fully saturated rings. The first-order valence-electron chi connectivity index (χ1n) is 8.75. The molecule has 1 atom stereocenters. The Morgan fingerprint density at radius 1 is 1.28 bits per heavy atom. The van der Waals surface area contributed by atoms with Gasteiger partial charge in [0.25, 0.3) is 0 Å². The first-order chi connectivity index (χ1) is 14.0. The van der Waals surface area contributed by atoms with E-state index in [4.69, 9.17) is 9.83 Å². The number of Topliss-reactive ketones (excluding diaryl/α,β-unsaturated/α-hetero) is 1. The maximum absolute atomic E-state index is 12.8. The SMILES string of the molecule is CCc1nnc([C@H]2C(=N)S/C(=C\c3ccc(-c4ccccc4C(=O)O)o3)C2=O)s1. The van der Waals surface area contributed by atoms with E-state index in [0.29, 0.717) is 27.0 Å². The number of aryl methyl sites for hydroxylation is 1. The number of nitrogens with one attached hydrogen (secondary N) is 1. The molecule has 29 heavy (non-hydrogen) atoms. The highest BCUT2D eigenvalue weighted by Crippen LogP contribution is 2.41. The molecule has 1 aliphatic heterocycles. The minimum absolute atomic E-state index is 0.136. The molecule has 1 saturated heterocycles. The second kappa shape index (κ2) is 7.76. The zero-order valence-electron chi connectivity index (χ0n) is 15.2. The maximum atomic E-state index is 12.8. The molecule has 1 aliphatic rings. The summed E-state index contributed by atoms with van der Waals surface area (Å²) in [6.07, 6.45) is 2.31. The molecule has 1 aromatic carbocycles. The maximum Gasteiger partial charge on any atom is 0.336 e.